The van der Waals surface area contributed by atoms with Crippen LogP contribution in [0.2, 0.25) is 0 Å². The number of hydrogen-bond donors (Lipinski definition) is 3. The van der Waals surface area contributed by atoms with E-state index in [1.54, 1.807) is 0 Å². The van der Waals surface area contributed by atoms with Crippen LogP contribution in [-0.2, 0) is 9.59 Å². The van der Waals surface area contributed by atoms with Crippen LogP contribution in [0.25, 0.3) is 0 Å². The van der Waals surface area contributed by atoms with Gasteiger partial charge in [0.05, 0.1) is 12.0 Å². The van der Waals surface area contributed by atoms with E-state index in [0.717, 1.165) is 45.1 Å². The Balaban J connectivity index is 1.95. The number of rotatable bonds is 3. The van der Waals surface area contributed by atoms with Crippen molar-refractivity contribution in [1.82, 2.24) is 10.6 Å². The van der Waals surface area contributed by atoms with Gasteiger partial charge in [-0.2, -0.15) is 0 Å². The highest BCUT2D eigenvalue weighted by atomic mass is 16.4. The van der Waals surface area contributed by atoms with Crippen molar-refractivity contribution >= 4 is 11.9 Å². The SMILES string of the molecule is O=C(NC1CCCCCC1C(=O)O)C1CCCN1. The molecule has 0 radical (unpaired) electrons. The lowest BCUT2D eigenvalue weighted by Gasteiger charge is -2.24. The summed E-state index contributed by atoms with van der Waals surface area (Å²) < 4.78 is 0. The van der Waals surface area contributed by atoms with Crippen LogP contribution in [0, 0.1) is 5.92 Å². The summed E-state index contributed by atoms with van der Waals surface area (Å²) >= 11 is 0. The van der Waals surface area contributed by atoms with Gasteiger partial charge < -0.3 is 15.7 Å². The van der Waals surface area contributed by atoms with Crippen LogP contribution in [0.15, 0.2) is 0 Å². The molecule has 3 N–H and O–H groups in total. The summed E-state index contributed by atoms with van der Waals surface area (Å²) in [4.78, 5) is 23.3. The monoisotopic (exact) mass is 254 g/mol. The number of hydrogen-bond acceptors (Lipinski definition) is 3. The van der Waals surface area contributed by atoms with E-state index in [1.165, 1.54) is 0 Å². The zero-order valence-corrected chi connectivity index (χ0v) is 10.7. The minimum absolute atomic E-state index is 0.0225. The first kappa shape index (κ1) is 13.3. The van der Waals surface area contributed by atoms with Crippen molar-refractivity contribution in [3.8, 4) is 0 Å². The highest BCUT2D eigenvalue weighted by Gasteiger charge is 2.32. The fourth-order valence-electron chi connectivity index (χ4n) is 2.97. The normalized spacial score (nSPS) is 32.8. The first-order valence-electron chi connectivity index (χ1n) is 6.95. The molecule has 2 rings (SSSR count). The quantitative estimate of drug-likeness (QED) is 0.654. The lowest BCUT2D eigenvalue weighted by Crippen LogP contribution is -2.49. The molecule has 5 heteroatoms. The van der Waals surface area contributed by atoms with Gasteiger partial charge in [-0.25, -0.2) is 0 Å². The number of carboxylic acids is 1. The molecule has 1 heterocycles. The van der Waals surface area contributed by atoms with Crippen LogP contribution in [0.3, 0.4) is 0 Å². The Hall–Kier alpha value is -1.10. The molecule has 0 aromatic rings. The Kier molecular flexibility index (Phi) is 4.58. The molecule has 0 spiro atoms. The highest BCUT2D eigenvalue weighted by Crippen LogP contribution is 2.24. The number of carboxylic acid groups (broad SMARTS) is 1. The molecule has 5 nitrogen and oxygen atoms in total. The lowest BCUT2D eigenvalue weighted by atomic mass is 9.94. The standard InChI is InChI=1S/C13H22N2O3/c16-12(11-7-4-8-14-11)15-10-6-3-1-2-5-9(10)13(17)18/h9-11,14H,1-8H2,(H,15,16)(H,17,18). The van der Waals surface area contributed by atoms with Crippen molar-refractivity contribution in [2.45, 2.75) is 57.0 Å². The predicted molar refractivity (Wildman–Crippen MR) is 67.2 cm³/mol. The molecular weight excluding hydrogens is 232 g/mol. The summed E-state index contributed by atoms with van der Waals surface area (Å²) in [6.45, 7) is 0.880. The molecule has 2 fully saturated rings. The van der Waals surface area contributed by atoms with Crippen molar-refractivity contribution in [3.05, 3.63) is 0 Å². The van der Waals surface area contributed by atoms with Gasteiger partial charge in [-0.1, -0.05) is 19.3 Å². The fraction of sp³-hybridized carbons (Fsp3) is 0.846. The summed E-state index contributed by atoms with van der Waals surface area (Å²) in [5.41, 5.74) is 0. The minimum atomic E-state index is -0.776. The number of aliphatic carboxylic acids is 1. The van der Waals surface area contributed by atoms with Crippen LogP contribution in [0.4, 0.5) is 0 Å². The van der Waals surface area contributed by atoms with Crippen LogP contribution in [0.1, 0.15) is 44.9 Å². The lowest BCUT2D eigenvalue weighted by molar-refractivity contribution is -0.143. The van der Waals surface area contributed by atoms with Crippen LogP contribution < -0.4 is 10.6 Å². The van der Waals surface area contributed by atoms with Gasteiger partial charge in [0.2, 0.25) is 5.91 Å². The predicted octanol–water partition coefficient (Wildman–Crippen LogP) is 0.888. The van der Waals surface area contributed by atoms with Gasteiger partial charge in [0, 0.05) is 6.04 Å². The molecule has 1 aliphatic carbocycles. The van der Waals surface area contributed by atoms with Gasteiger partial charge in [-0.3, -0.25) is 9.59 Å². The van der Waals surface area contributed by atoms with E-state index in [4.69, 9.17) is 0 Å². The number of amides is 1. The van der Waals surface area contributed by atoms with Gasteiger partial charge in [0.15, 0.2) is 0 Å². The third-order valence-electron chi connectivity index (χ3n) is 4.04. The topological polar surface area (TPSA) is 78.4 Å². The van der Waals surface area contributed by atoms with Crippen LogP contribution >= 0.6 is 0 Å². The summed E-state index contributed by atoms with van der Waals surface area (Å²) in [5, 5.41) is 15.3. The second-order valence-electron chi connectivity index (χ2n) is 5.35. The van der Waals surface area contributed by atoms with Crippen LogP contribution in [0.5, 0.6) is 0 Å². The number of carbonyl (C=O) groups is 2. The fourth-order valence-corrected chi connectivity index (χ4v) is 2.97. The molecule has 18 heavy (non-hydrogen) atoms. The van der Waals surface area contributed by atoms with Gasteiger partial charge >= 0.3 is 5.97 Å². The molecule has 2 aliphatic rings. The van der Waals surface area contributed by atoms with Crippen molar-refractivity contribution in [2.24, 2.45) is 5.92 Å². The maximum atomic E-state index is 12.0. The maximum absolute atomic E-state index is 12.0. The Morgan fingerprint density at radius 2 is 1.83 bits per heavy atom. The van der Waals surface area contributed by atoms with E-state index >= 15 is 0 Å². The largest absolute Gasteiger partial charge is 0.481 e. The van der Waals surface area contributed by atoms with Crippen molar-refractivity contribution < 1.29 is 14.7 Å². The molecule has 0 aromatic heterocycles. The number of carbonyl (C=O) groups excluding carboxylic acids is 1. The van der Waals surface area contributed by atoms with Gasteiger partial charge in [0.25, 0.3) is 0 Å². The van der Waals surface area contributed by atoms with E-state index in [9.17, 15) is 14.7 Å². The average Bonchev–Trinajstić information content (AvgIpc) is 2.77. The minimum Gasteiger partial charge on any atom is -0.481 e. The molecule has 1 saturated heterocycles. The Bertz CT molecular complexity index is 313. The summed E-state index contributed by atoms with van der Waals surface area (Å²) in [6, 6.07) is -0.317. The van der Waals surface area contributed by atoms with E-state index in [-0.39, 0.29) is 18.0 Å². The first-order valence-corrected chi connectivity index (χ1v) is 6.95. The zero-order valence-electron chi connectivity index (χ0n) is 10.7. The molecule has 0 bridgehead atoms. The molecule has 3 unspecified atom stereocenters. The van der Waals surface area contributed by atoms with Crippen molar-refractivity contribution in [3.63, 3.8) is 0 Å². The summed E-state index contributed by atoms with van der Waals surface area (Å²) in [7, 11) is 0. The Morgan fingerprint density at radius 3 is 2.50 bits per heavy atom. The number of nitrogens with one attached hydrogen (secondary N) is 2. The van der Waals surface area contributed by atoms with Crippen molar-refractivity contribution in [1.29, 1.82) is 0 Å². The molecule has 3 atom stereocenters. The molecule has 102 valence electrons. The summed E-state index contributed by atoms with van der Waals surface area (Å²) in [6.07, 6.45) is 6.37. The van der Waals surface area contributed by atoms with E-state index in [0.29, 0.717) is 6.42 Å². The average molecular weight is 254 g/mol. The molecule has 1 aliphatic heterocycles. The Labute approximate surface area is 107 Å². The molecule has 1 saturated carbocycles. The van der Waals surface area contributed by atoms with Gasteiger partial charge in [0.1, 0.15) is 0 Å². The third-order valence-corrected chi connectivity index (χ3v) is 4.04. The molecular formula is C13H22N2O3. The van der Waals surface area contributed by atoms with Gasteiger partial charge in [-0.15, -0.1) is 0 Å². The maximum Gasteiger partial charge on any atom is 0.308 e. The smallest absolute Gasteiger partial charge is 0.308 e. The molecule has 1 amide bonds. The highest BCUT2D eigenvalue weighted by molar-refractivity contribution is 5.83. The van der Waals surface area contributed by atoms with E-state index < -0.39 is 11.9 Å². The summed E-state index contributed by atoms with van der Waals surface area (Å²) in [5.74, 6) is -1.22. The third kappa shape index (κ3) is 3.22. The van der Waals surface area contributed by atoms with E-state index in [1.807, 2.05) is 0 Å². The van der Waals surface area contributed by atoms with Crippen molar-refractivity contribution in [2.75, 3.05) is 6.54 Å². The second-order valence-corrected chi connectivity index (χ2v) is 5.35. The van der Waals surface area contributed by atoms with E-state index in [2.05, 4.69) is 10.6 Å². The zero-order chi connectivity index (χ0) is 13.0. The van der Waals surface area contributed by atoms with Crippen LogP contribution in [-0.4, -0.2) is 35.6 Å². The second kappa shape index (κ2) is 6.18. The molecule has 0 aromatic carbocycles. The first-order chi connectivity index (χ1) is 8.68. The Morgan fingerprint density at radius 1 is 1.06 bits per heavy atom. The van der Waals surface area contributed by atoms with Gasteiger partial charge in [-0.05, 0) is 32.2 Å².